The standard InChI is InChI=1S/C12H14BrClO2/c1-3-12(16-2)11(15)6-8-4-5-9(13)7-10(8)14/h4-5,7,12H,3,6H2,1-2H3. The minimum Gasteiger partial charge on any atom is -0.374 e. The van der Waals surface area contributed by atoms with Crippen molar-refractivity contribution < 1.29 is 9.53 Å². The molecule has 1 aromatic rings. The molecule has 0 amide bonds. The Kier molecular flexibility index (Phi) is 5.46. The van der Waals surface area contributed by atoms with Gasteiger partial charge in [0.25, 0.3) is 0 Å². The van der Waals surface area contributed by atoms with Crippen LogP contribution in [-0.2, 0) is 16.0 Å². The van der Waals surface area contributed by atoms with E-state index in [4.69, 9.17) is 16.3 Å². The van der Waals surface area contributed by atoms with E-state index in [0.717, 1.165) is 10.0 Å². The third kappa shape index (κ3) is 3.58. The van der Waals surface area contributed by atoms with Gasteiger partial charge in [0.2, 0.25) is 0 Å². The molecule has 16 heavy (non-hydrogen) atoms. The average molecular weight is 306 g/mol. The molecule has 0 saturated heterocycles. The second-order valence-corrected chi connectivity index (χ2v) is 4.83. The molecule has 4 heteroatoms. The van der Waals surface area contributed by atoms with Crippen molar-refractivity contribution in [2.75, 3.05) is 7.11 Å². The molecular weight excluding hydrogens is 291 g/mol. The summed E-state index contributed by atoms with van der Waals surface area (Å²) < 4.78 is 6.00. The Hall–Kier alpha value is -0.380. The summed E-state index contributed by atoms with van der Waals surface area (Å²) in [5, 5.41) is 0.605. The minimum absolute atomic E-state index is 0.0641. The molecule has 0 fully saturated rings. The zero-order chi connectivity index (χ0) is 12.1. The number of ketones is 1. The van der Waals surface area contributed by atoms with E-state index in [1.165, 1.54) is 0 Å². The SMILES string of the molecule is CCC(OC)C(=O)Cc1ccc(Br)cc1Cl. The molecule has 0 heterocycles. The third-order valence-electron chi connectivity index (χ3n) is 2.39. The molecular formula is C12H14BrClO2. The molecule has 0 aliphatic rings. The summed E-state index contributed by atoms with van der Waals surface area (Å²) in [5.74, 6) is 0.0641. The maximum absolute atomic E-state index is 11.8. The molecule has 1 unspecified atom stereocenters. The molecule has 1 rings (SSSR count). The number of ether oxygens (including phenoxy) is 1. The van der Waals surface area contributed by atoms with Crippen LogP contribution in [0.5, 0.6) is 0 Å². The fourth-order valence-corrected chi connectivity index (χ4v) is 2.23. The molecule has 1 atom stereocenters. The van der Waals surface area contributed by atoms with Crippen LogP contribution in [0.4, 0.5) is 0 Å². The van der Waals surface area contributed by atoms with Crippen molar-refractivity contribution in [3.8, 4) is 0 Å². The van der Waals surface area contributed by atoms with E-state index in [-0.39, 0.29) is 11.9 Å². The van der Waals surface area contributed by atoms with Crippen molar-refractivity contribution in [3.05, 3.63) is 33.3 Å². The number of hydrogen-bond acceptors (Lipinski definition) is 2. The number of hydrogen-bond donors (Lipinski definition) is 0. The first-order chi connectivity index (χ1) is 7.58. The van der Waals surface area contributed by atoms with Gasteiger partial charge in [0.1, 0.15) is 6.10 Å². The number of carbonyl (C=O) groups excluding carboxylic acids is 1. The lowest BCUT2D eigenvalue weighted by Crippen LogP contribution is -2.23. The van der Waals surface area contributed by atoms with Crippen LogP contribution in [0.15, 0.2) is 22.7 Å². The van der Waals surface area contributed by atoms with E-state index < -0.39 is 0 Å². The second kappa shape index (κ2) is 6.38. The van der Waals surface area contributed by atoms with Crippen LogP contribution in [0.25, 0.3) is 0 Å². The van der Waals surface area contributed by atoms with Gasteiger partial charge in [0.15, 0.2) is 5.78 Å². The fraction of sp³-hybridized carbons (Fsp3) is 0.417. The number of halogens is 2. The number of Topliss-reactive ketones (excluding diaryl/α,β-unsaturated/α-hetero) is 1. The zero-order valence-electron chi connectivity index (χ0n) is 9.30. The quantitative estimate of drug-likeness (QED) is 0.830. The summed E-state index contributed by atoms with van der Waals surface area (Å²) in [5.41, 5.74) is 0.838. The Bertz CT molecular complexity index is 375. The molecule has 0 radical (unpaired) electrons. The fourth-order valence-electron chi connectivity index (χ4n) is 1.49. The predicted molar refractivity (Wildman–Crippen MR) is 69.0 cm³/mol. The van der Waals surface area contributed by atoms with Crippen LogP contribution < -0.4 is 0 Å². The number of methoxy groups -OCH3 is 1. The van der Waals surface area contributed by atoms with Gasteiger partial charge in [0, 0.05) is 23.0 Å². The maximum atomic E-state index is 11.8. The van der Waals surface area contributed by atoms with Gasteiger partial charge in [-0.1, -0.05) is 40.5 Å². The highest BCUT2D eigenvalue weighted by atomic mass is 79.9. The number of benzene rings is 1. The lowest BCUT2D eigenvalue weighted by atomic mass is 10.0. The van der Waals surface area contributed by atoms with E-state index in [1.54, 1.807) is 13.2 Å². The van der Waals surface area contributed by atoms with E-state index in [2.05, 4.69) is 15.9 Å². The Labute approximate surface area is 109 Å². The van der Waals surface area contributed by atoms with Crippen molar-refractivity contribution in [1.29, 1.82) is 0 Å². The number of carbonyl (C=O) groups is 1. The maximum Gasteiger partial charge on any atom is 0.165 e. The molecule has 2 nitrogen and oxygen atoms in total. The predicted octanol–water partition coefficient (Wildman–Crippen LogP) is 3.64. The molecule has 0 aliphatic carbocycles. The van der Waals surface area contributed by atoms with Gasteiger partial charge >= 0.3 is 0 Å². The molecule has 0 spiro atoms. The van der Waals surface area contributed by atoms with Gasteiger partial charge in [-0.3, -0.25) is 4.79 Å². The van der Waals surface area contributed by atoms with E-state index in [9.17, 15) is 4.79 Å². The van der Waals surface area contributed by atoms with Crippen molar-refractivity contribution >= 4 is 33.3 Å². The summed E-state index contributed by atoms with van der Waals surface area (Å²) >= 11 is 9.37. The molecule has 0 saturated carbocycles. The van der Waals surface area contributed by atoms with E-state index in [1.807, 2.05) is 19.1 Å². The molecule has 0 aromatic heterocycles. The first-order valence-electron chi connectivity index (χ1n) is 5.08. The normalized spacial score (nSPS) is 12.5. The van der Waals surface area contributed by atoms with E-state index in [0.29, 0.717) is 17.9 Å². The van der Waals surface area contributed by atoms with Crippen LogP contribution >= 0.6 is 27.5 Å². The van der Waals surface area contributed by atoms with Crippen molar-refractivity contribution in [2.24, 2.45) is 0 Å². The first kappa shape index (κ1) is 13.7. The molecule has 0 bridgehead atoms. The van der Waals surface area contributed by atoms with Crippen molar-refractivity contribution in [1.82, 2.24) is 0 Å². The largest absolute Gasteiger partial charge is 0.374 e. The Balaban J connectivity index is 2.76. The monoisotopic (exact) mass is 304 g/mol. The Morgan fingerprint density at radius 1 is 1.56 bits per heavy atom. The lowest BCUT2D eigenvalue weighted by molar-refractivity contribution is -0.128. The molecule has 88 valence electrons. The lowest BCUT2D eigenvalue weighted by Gasteiger charge is -2.12. The topological polar surface area (TPSA) is 26.3 Å². The first-order valence-corrected chi connectivity index (χ1v) is 6.25. The van der Waals surface area contributed by atoms with E-state index >= 15 is 0 Å². The van der Waals surface area contributed by atoms with Gasteiger partial charge < -0.3 is 4.74 Å². The molecule has 0 N–H and O–H groups in total. The third-order valence-corrected chi connectivity index (χ3v) is 3.24. The van der Waals surface area contributed by atoms with Gasteiger partial charge in [-0.2, -0.15) is 0 Å². The van der Waals surface area contributed by atoms with Crippen LogP contribution in [0.1, 0.15) is 18.9 Å². The van der Waals surface area contributed by atoms with Gasteiger partial charge in [0.05, 0.1) is 0 Å². The molecule has 1 aromatic carbocycles. The van der Waals surface area contributed by atoms with Crippen LogP contribution in [0, 0.1) is 0 Å². The van der Waals surface area contributed by atoms with Crippen molar-refractivity contribution in [2.45, 2.75) is 25.9 Å². The Morgan fingerprint density at radius 3 is 2.75 bits per heavy atom. The highest BCUT2D eigenvalue weighted by molar-refractivity contribution is 9.10. The van der Waals surface area contributed by atoms with Gasteiger partial charge in [-0.15, -0.1) is 0 Å². The highest BCUT2D eigenvalue weighted by Crippen LogP contribution is 2.22. The van der Waals surface area contributed by atoms with Crippen LogP contribution in [0.3, 0.4) is 0 Å². The Morgan fingerprint density at radius 2 is 2.25 bits per heavy atom. The summed E-state index contributed by atoms with van der Waals surface area (Å²) in [7, 11) is 1.55. The summed E-state index contributed by atoms with van der Waals surface area (Å²) in [6, 6.07) is 5.52. The minimum atomic E-state index is -0.334. The number of rotatable bonds is 5. The van der Waals surface area contributed by atoms with Crippen molar-refractivity contribution in [3.63, 3.8) is 0 Å². The van der Waals surface area contributed by atoms with Crippen LogP contribution in [-0.4, -0.2) is 19.0 Å². The molecule has 0 aliphatic heterocycles. The summed E-state index contributed by atoms with van der Waals surface area (Å²) in [6.07, 6.45) is 0.668. The van der Waals surface area contributed by atoms with Crippen LogP contribution in [0.2, 0.25) is 5.02 Å². The smallest absolute Gasteiger partial charge is 0.165 e. The highest BCUT2D eigenvalue weighted by Gasteiger charge is 2.16. The second-order valence-electron chi connectivity index (χ2n) is 3.51. The summed E-state index contributed by atoms with van der Waals surface area (Å²) in [4.78, 5) is 11.8. The summed E-state index contributed by atoms with van der Waals surface area (Å²) in [6.45, 7) is 1.93. The zero-order valence-corrected chi connectivity index (χ0v) is 11.6. The van der Waals surface area contributed by atoms with Gasteiger partial charge in [-0.25, -0.2) is 0 Å². The average Bonchev–Trinajstić information content (AvgIpc) is 2.24. The van der Waals surface area contributed by atoms with Gasteiger partial charge in [-0.05, 0) is 24.1 Å².